The van der Waals surface area contributed by atoms with Gasteiger partial charge >= 0.3 is 11.9 Å². The van der Waals surface area contributed by atoms with Gasteiger partial charge in [-0.2, -0.15) is 0 Å². The molecule has 0 saturated heterocycles. The number of nitro groups is 1. The lowest BCUT2D eigenvalue weighted by molar-refractivity contribution is -0.384. The number of carbonyl (C=O) groups excluding carboxylic acids is 1. The van der Waals surface area contributed by atoms with Crippen LogP contribution in [0.2, 0.25) is 0 Å². The van der Waals surface area contributed by atoms with E-state index in [1.54, 1.807) is 31.9 Å². The van der Waals surface area contributed by atoms with Gasteiger partial charge in [0.1, 0.15) is 18.4 Å². The molecule has 0 fully saturated rings. The number of hydrogen-bond acceptors (Lipinski definition) is 8. The van der Waals surface area contributed by atoms with Crippen molar-refractivity contribution in [2.45, 2.75) is 32.4 Å². The molecule has 10 heteroatoms. The van der Waals surface area contributed by atoms with Crippen molar-refractivity contribution in [3.8, 4) is 0 Å². The highest BCUT2D eigenvalue weighted by atomic mass is 16.6. The van der Waals surface area contributed by atoms with Crippen molar-refractivity contribution < 1.29 is 29.1 Å². The summed E-state index contributed by atoms with van der Waals surface area (Å²) in [6, 6.07) is 14.4. The quantitative estimate of drug-likeness (QED) is 0.288. The van der Waals surface area contributed by atoms with E-state index >= 15 is 0 Å². The SMILES string of the molecule is COC(=O)C1=C(C)NC(C)=C(OCC(C(=O)O)N(C)Cc2ccccc2)C1c1cccc([N+](=O)[O-])c1. The Balaban J connectivity index is 1.95. The number of dihydropyridines is 1. The van der Waals surface area contributed by atoms with Crippen LogP contribution in [0.1, 0.15) is 30.9 Å². The number of ether oxygens (including phenoxy) is 2. The predicted octanol–water partition coefficient (Wildman–Crippen LogP) is 3.56. The number of aliphatic carboxylic acids is 1. The van der Waals surface area contributed by atoms with Gasteiger partial charge in [-0.05, 0) is 32.0 Å². The average Bonchev–Trinajstić information content (AvgIpc) is 2.85. The van der Waals surface area contributed by atoms with Crippen LogP contribution in [0.5, 0.6) is 0 Å². The van der Waals surface area contributed by atoms with Crippen LogP contribution in [0.15, 0.2) is 77.3 Å². The summed E-state index contributed by atoms with van der Waals surface area (Å²) in [5.74, 6) is -2.23. The normalized spacial score (nSPS) is 16.4. The highest BCUT2D eigenvalue weighted by molar-refractivity contribution is 5.92. The number of carboxylic acid groups (broad SMARTS) is 1. The van der Waals surface area contributed by atoms with Gasteiger partial charge in [0.15, 0.2) is 0 Å². The Morgan fingerprint density at radius 2 is 1.83 bits per heavy atom. The lowest BCUT2D eigenvalue weighted by Gasteiger charge is -2.32. The Labute approximate surface area is 209 Å². The van der Waals surface area contributed by atoms with Gasteiger partial charge in [-0.1, -0.05) is 42.5 Å². The maximum absolute atomic E-state index is 12.8. The summed E-state index contributed by atoms with van der Waals surface area (Å²) in [4.78, 5) is 37.4. The Morgan fingerprint density at radius 3 is 2.44 bits per heavy atom. The summed E-state index contributed by atoms with van der Waals surface area (Å²) < 4.78 is 11.1. The van der Waals surface area contributed by atoms with Crippen LogP contribution in [-0.4, -0.2) is 53.7 Å². The van der Waals surface area contributed by atoms with E-state index in [4.69, 9.17) is 9.47 Å². The van der Waals surface area contributed by atoms with Crippen molar-refractivity contribution in [1.29, 1.82) is 0 Å². The maximum atomic E-state index is 12.8. The molecule has 2 unspecified atom stereocenters. The van der Waals surface area contributed by atoms with Crippen LogP contribution in [0, 0.1) is 10.1 Å². The first-order chi connectivity index (χ1) is 17.1. The molecule has 0 aromatic heterocycles. The highest BCUT2D eigenvalue weighted by Gasteiger charge is 2.37. The average molecular weight is 496 g/mol. The van der Waals surface area contributed by atoms with Gasteiger partial charge in [-0.15, -0.1) is 0 Å². The molecule has 1 heterocycles. The fourth-order valence-corrected chi connectivity index (χ4v) is 4.22. The Hall–Kier alpha value is -4.18. The van der Waals surface area contributed by atoms with Crippen LogP contribution < -0.4 is 5.32 Å². The maximum Gasteiger partial charge on any atom is 0.336 e. The molecule has 2 N–H and O–H groups in total. The number of allylic oxidation sites excluding steroid dienone is 3. The molecule has 2 aromatic carbocycles. The van der Waals surface area contributed by atoms with Crippen molar-refractivity contribution >= 4 is 17.6 Å². The minimum atomic E-state index is -1.07. The van der Waals surface area contributed by atoms with E-state index in [-0.39, 0.29) is 17.9 Å². The third-order valence-corrected chi connectivity index (χ3v) is 6.01. The monoisotopic (exact) mass is 495 g/mol. The van der Waals surface area contributed by atoms with Crippen molar-refractivity contribution in [3.63, 3.8) is 0 Å². The number of nitrogens with one attached hydrogen (secondary N) is 1. The smallest absolute Gasteiger partial charge is 0.336 e. The number of rotatable bonds is 10. The molecule has 36 heavy (non-hydrogen) atoms. The van der Waals surface area contributed by atoms with E-state index in [0.717, 1.165) is 5.56 Å². The summed E-state index contributed by atoms with van der Waals surface area (Å²) in [5, 5.41) is 24.4. The minimum Gasteiger partial charge on any atom is -0.493 e. The van der Waals surface area contributed by atoms with Gasteiger partial charge in [0, 0.05) is 24.4 Å². The number of methoxy groups -OCH3 is 1. The summed E-state index contributed by atoms with van der Waals surface area (Å²) >= 11 is 0. The number of hydrogen-bond donors (Lipinski definition) is 2. The largest absolute Gasteiger partial charge is 0.493 e. The molecule has 2 aromatic rings. The topological polar surface area (TPSA) is 131 Å². The molecule has 0 radical (unpaired) electrons. The van der Waals surface area contributed by atoms with Crippen LogP contribution in [-0.2, 0) is 25.6 Å². The second-order valence-corrected chi connectivity index (χ2v) is 8.50. The molecule has 0 aliphatic carbocycles. The van der Waals surface area contributed by atoms with E-state index in [9.17, 15) is 24.8 Å². The highest BCUT2D eigenvalue weighted by Crippen LogP contribution is 2.40. The number of carboxylic acids is 1. The van der Waals surface area contributed by atoms with Crippen molar-refractivity contribution in [3.05, 3.63) is 98.6 Å². The number of non-ortho nitro benzene ring substituents is 1. The Morgan fingerprint density at radius 1 is 1.14 bits per heavy atom. The molecular weight excluding hydrogens is 466 g/mol. The second kappa shape index (κ2) is 11.5. The summed E-state index contributed by atoms with van der Waals surface area (Å²) in [5.41, 5.74) is 2.55. The third kappa shape index (κ3) is 5.89. The molecule has 10 nitrogen and oxygen atoms in total. The molecule has 1 aliphatic rings. The van der Waals surface area contributed by atoms with E-state index in [1.165, 1.54) is 25.3 Å². The number of benzene rings is 2. The number of likely N-dealkylation sites (N-methyl/N-ethyl adjacent to an activating group) is 1. The standard InChI is InChI=1S/C26H29N3O7/c1-16-22(26(32)35-4)23(19-11-8-12-20(13-19)29(33)34)24(17(2)27-16)36-15-21(25(30)31)28(3)14-18-9-6-5-7-10-18/h5-13,21,23,27H,14-15H2,1-4H3,(H,30,31). The molecule has 190 valence electrons. The van der Waals surface area contributed by atoms with Crippen LogP contribution in [0.25, 0.3) is 0 Å². The van der Waals surface area contributed by atoms with Gasteiger partial charge in [0.05, 0.1) is 29.2 Å². The van der Waals surface area contributed by atoms with E-state index in [1.807, 2.05) is 30.3 Å². The predicted molar refractivity (Wildman–Crippen MR) is 132 cm³/mol. The summed E-state index contributed by atoms with van der Waals surface area (Å²) in [7, 11) is 2.94. The zero-order valence-electron chi connectivity index (χ0n) is 20.6. The van der Waals surface area contributed by atoms with Crippen LogP contribution >= 0.6 is 0 Å². The van der Waals surface area contributed by atoms with Crippen LogP contribution in [0.4, 0.5) is 5.69 Å². The fourth-order valence-electron chi connectivity index (χ4n) is 4.22. The summed E-state index contributed by atoms with van der Waals surface area (Å²) in [6.45, 7) is 3.61. The van der Waals surface area contributed by atoms with E-state index in [0.29, 0.717) is 29.3 Å². The Bertz CT molecular complexity index is 1210. The third-order valence-electron chi connectivity index (χ3n) is 6.01. The number of esters is 1. The number of nitrogens with zero attached hydrogens (tertiary/aromatic N) is 2. The van der Waals surface area contributed by atoms with Gasteiger partial charge in [-0.25, -0.2) is 4.79 Å². The first-order valence-electron chi connectivity index (χ1n) is 11.2. The lowest BCUT2D eigenvalue weighted by Crippen LogP contribution is -2.42. The summed E-state index contributed by atoms with van der Waals surface area (Å²) in [6.07, 6.45) is 0. The van der Waals surface area contributed by atoms with Gasteiger partial charge in [0.2, 0.25) is 0 Å². The van der Waals surface area contributed by atoms with Crippen molar-refractivity contribution in [2.75, 3.05) is 20.8 Å². The Kier molecular flexibility index (Phi) is 8.44. The minimum absolute atomic E-state index is 0.143. The lowest BCUT2D eigenvalue weighted by atomic mass is 9.85. The van der Waals surface area contributed by atoms with Crippen LogP contribution in [0.3, 0.4) is 0 Å². The van der Waals surface area contributed by atoms with Gasteiger partial charge in [-0.3, -0.25) is 19.8 Å². The van der Waals surface area contributed by atoms with Gasteiger partial charge < -0.3 is 19.9 Å². The second-order valence-electron chi connectivity index (χ2n) is 8.50. The van der Waals surface area contributed by atoms with Crippen molar-refractivity contribution in [2.24, 2.45) is 0 Å². The number of nitro benzene ring substituents is 1. The first-order valence-corrected chi connectivity index (χ1v) is 11.2. The van der Waals surface area contributed by atoms with Gasteiger partial charge in [0.25, 0.3) is 5.69 Å². The molecule has 0 saturated carbocycles. The first kappa shape index (κ1) is 26.4. The zero-order valence-corrected chi connectivity index (χ0v) is 20.6. The van der Waals surface area contributed by atoms with Crippen molar-refractivity contribution in [1.82, 2.24) is 10.2 Å². The molecular formula is C26H29N3O7. The molecule has 1 aliphatic heterocycles. The number of carbonyl (C=O) groups is 2. The molecule has 2 atom stereocenters. The fraction of sp³-hybridized carbons (Fsp3) is 0.308. The van der Waals surface area contributed by atoms with E-state index in [2.05, 4.69) is 5.32 Å². The molecule has 0 amide bonds. The zero-order chi connectivity index (χ0) is 26.4. The van der Waals surface area contributed by atoms with E-state index < -0.39 is 28.8 Å². The molecule has 0 bridgehead atoms. The molecule has 3 rings (SSSR count). The molecule has 0 spiro atoms.